The molecule has 2 heterocycles. The smallest absolute Gasteiger partial charge is 0.337 e. The van der Waals surface area contributed by atoms with Gasteiger partial charge in [0.15, 0.2) is 0 Å². The Kier molecular flexibility index (Phi) is 3.91. The molecular weight excluding hydrogens is 246 g/mol. The minimum atomic E-state index is -0.970. The zero-order valence-corrected chi connectivity index (χ0v) is 10.8. The molecule has 0 fully saturated rings. The minimum absolute atomic E-state index is 0.189. The van der Waals surface area contributed by atoms with Crippen LogP contribution in [0.3, 0.4) is 0 Å². The number of rotatable bonds is 5. The molecule has 6 heteroatoms. The highest BCUT2D eigenvalue weighted by atomic mass is 16.5. The Morgan fingerprint density at radius 3 is 2.68 bits per heavy atom. The van der Waals surface area contributed by atoms with Crippen molar-refractivity contribution in [3.63, 3.8) is 0 Å². The molecule has 0 aliphatic carbocycles. The summed E-state index contributed by atoms with van der Waals surface area (Å²) < 4.78 is 5.07. The van der Waals surface area contributed by atoms with E-state index in [4.69, 9.17) is 9.63 Å². The second-order valence-electron chi connectivity index (χ2n) is 4.25. The van der Waals surface area contributed by atoms with E-state index in [1.54, 1.807) is 12.1 Å². The van der Waals surface area contributed by atoms with Gasteiger partial charge in [-0.15, -0.1) is 0 Å². The number of carboxylic acids is 1. The van der Waals surface area contributed by atoms with Crippen LogP contribution < -0.4 is 5.32 Å². The van der Waals surface area contributed by atoms with Gasteiger partial charge in [0, 0.05) is 24.8 Å². The van der Waals surface area contributed by atoms with Gasteiger partial charge in [0.25, 0.3) is 0 Å². The molecule has 19 heavy (non-hydrogen) atoms. The van der Waals surface area contributed by atoms with E-state index in [2.05, 4.69) is 15.5 Å². The average Bonchev–Trinajstić information content (AvgIpc) is 2.71. The summed E-state index contributed by atoms with van der Waals surface area (Å²) in [6.45, 7) is 4.97. The maximum absolute atomic E-state index is 10.7. The molecule has 0 saturated carbocycles. The van der Waals surface area contributed by atoms with E-state index < -0.39 is 5.97 Å². The first-order valence-electron chi connectivity index (χ1n) is 5.88. The standard InChI is InChI=1S/C13H15N3O3/c1-8-12(9(2)19-16-8)7-14-6-11-4-3-10(5-15-11)13(17)18/h3-5,14H,6-7H2,1-2H3,(H,17,18). The molecule has 0 aromatic carbocycles. The van der Waals surface area contributed by atoms with E-state index in [9.17, 15) is 4.79 Å². The van der Waals surface area contributed by atoms with E-state index in [0.717, 1.165) is 22.7 Å². The van der Waals surface area contributed by atoms with Gasteiger partial charge in [-0.25, -0.2) is 4.79 Å². The lowest BCUT2D eigenvalue weighted by atomic mass is 10.2. The van der Waals surface area contributed by atoms with Crippen molar-refractivity contribution in [2.24, 2.45) is 0 Å². The van der Waals surface area contributed by atoms with Gasteiger partial charge in [-0.2, -0.15) is 0 Å². The Labute approximate surface area is 110 Å². The minimum Gasteiger partial charge on any atom is -0.478 e. The highest BCUT2D eigenvalue weighted by Gasteiger charge is 2.08. The van der Waals surface area contributed by atoms with Crippen LogP contribution in [0, 0.1) is 13.8 Å². The molecule has 2 rings (SSSR count). The Morgan fingerprint density at radius 2 is 2.16 bits per heavy atom. The molecule has 6 nitrogen and oxygen atoms in total. The Balaban J connectivity index is 1.91. The summed E-state index contributed by atoms with van der Waals surface area (Å²) in [4.78, 5) is 14.8. The molecule has 0 amide bonds. The summed E-state index contributed by atoms with van der Waals surface area (Å²) in [6, 6.07) is 3.24. The second-order valence-corrected chi connectivity index (χ2v) is 4.25. The van der Waals surface area contributed by atoms with Gasteiger partial charge in [0.1, 0.15) is 5.76 Å². The number of carbonyl (C=O) groups is 1. The molecule has 2 aromatic rings. The second kappa shape index (κ2) is 5.62. The molecule has 0 radical (unpaired) electrons. The predicted octanol–water partition coefficient (Wildman–Crippen LogP) is 1.67. The molecule has 2 aromatic heterocycles. The van der Waals surface area contributed by atoms with Gasteiger partial charge in [-0.1, -0.05) is 5.16 Å². The Hall–Kier alpha value is -2.21. The molecular formula is C13H15N3O3. The predicted molar refractivity (Wildman–Crippen MR) is 67.7 cm³/mol. The fraction of sp³-hybridized carbons (Fsp3) is 0.308. The van der Waals surface area contributed by atoms with Crippen LogP contribution >= 0.6 is 0 Å². The summed E-state index contributed by atoms with van der Waals surface area (Å²) >= 11 is 0. The van der Waals surface area contributed by atoms with Crippen molar-refractivity contribution in [2.45, 2.75) is 26.9 Å². The monoisotopic (exact) mass is 261 g/mol. The van der Waals surface area contributed by atoms with E-state index in [-0.39, 0.29) is 5.56 Å². The third kappa shape index (κ3) is 3.17. The van der Waals surface area contributed by atoms with Crippen LogP contribution in [0.15, 0.2) is 22.9 Å². The Morgan fingerprint density at radius 1 is 1.37 bits per heavy atom. The molecule has 0 saturated heterocycles. The Bertz CT molecular complexity index is 556. The fourth-order valence-electron chi connectivity index (χ4n) is 1.73. The van der Waals surface area contributed by atoms with Crippen LogP contribution in [0.2, 0.25) is 0 Å². The van der Waals surface area contributed by atoms with Crippen LogP contribution in [0.5, 0.6) is 0 Å². The molecule has 100 valence electrons. The molecule has 2 N–H and O–H groups in total. The number of aryl methyl sites for hydroxylation is 2. The number of hydrogen-bond acceptors (Lipinski definition) is 5. The topological polar surface area (TPSA) is 88.2 Å². The first-order chi connectivity index (χ1) is 9.08. The number of carboxylic acid groups (broad SMARTS) is 1. The summed E-state index contributed by atoms with van der Waals surface area (Å²) in [5.74, 6) is -0.165. The van der Waals surface area contributed by atoms with Gasteiger partial charge >= 0.3 is 5.97 Å². The zero-order chi connectivity index (χ0) is 13.8. The molecule has 0 unspecified atom stereocenters. The number of aromatic carboxylic acids is 1. The molecule has 0 atom stereocenters. The summed E-state index contributed by atoms with van der Waals surface area (Å²) in [6.07, 6.45) is 1.36. The number of hydrogen-bond donors (Lipinski definition) is 2. The van der Waals surface area contributed by atoms with Crippen molar-refractivity contribution < 1.29 is 14.4 Å². The van der Waals surface area contributed by atoms with E-state index in [0.29, 0.717) is 13.1 Å². The SMILES string of the molecule is Cc1noc(C)c1CNCc1ccc(C(=O)O)cn1. The van der Waals surface area contributed by atoms with E-state index in [1.165, 1.54) is 6.20 Å². The van der Waals surface area contributed by atoms with Crippen molar-refractivity contribution in [1.82, 2.24) is 15.5 Å². The number of nitrogens with zero attached hydrogens (tertiary/aromatic N) is 2. The van der Waals surface area contributed by atoms with Crippen LogP contribution in [0.1, 0.15) is 33.1 Å². The van der Waals surface area contributed by atoms with Gasteiger partial charge < -0.3 is 14.9 Å². The molecule has 0 aliphatic rings. The lowest BCUT2D eigenvalue weighted by Crippen LogP contribution is -2.14. The van der Waals surface area contributed by atoms with Crippen molar-refractivity contribution in [1.29, 1.82) is 0 Å². The maximum atomic E-state index is 10.7. The lowest BCUT2D eigenvalue weighted by Gasteiger charge is -2.04. The van der Waals surface area contributed by atoms with Crippen molar-refractivity contribution in [3.05, 3.63) is 46.6 Å². The molecule has 0 spiro atoms. The largest absolute Gasteiger partial charge is 0.478 e. The number of nitrogens with one attached hydrogen (secondary N) is 1. The van der Waals surface area contributed by atoms with Gasteiger partial charge in [0.05, 0.1) is 17.0 Å². The van der Waals surface area contributed by atoms with Gasteiger partial charge in [-0.05, 0) is 26.0 Å². The first kappa shape index (κ1) is 13.2. The van der Waals surface area contributed by atoms with Crippen molar-refractivity contribution >= 4 is 5.97 Å². The van der Waals surface area contributed by atoms with Crippen LogP contribution in [-0.2, 0) is 13.1 Å². The van der Waals surface area contributed by atoms with Crippen LogP contribution in [0.4, 0.5) is 0 Å². The quantitative estimate of drug-likeness (QED) is 0.851. The molecule has 0 bridgehead atoms. The lowest BCUT2D eigenvalue weighted by molar-refractivity contribution is 0.0696. The highest BCUT2D eigenvalue weighted by Crippen LogP contribution is 2.11. The third-order valence-electron chi connectivity index (χ3n) is 2.86. The average molecular weight is 261 g/mol. The number of aromatic nitrogens is 2. The third-order valence-corrected chi connectivity index (χ3v) is 2.86. The van der Waals surface area contributed by atoms with Crippen molar-refractivity contribution in [3.8, 4) is 0 Å². The highest BCUT2D eigenvalue weighted by molar-refractivity contribution is 5.87. The maximum Gasteiger partial charge on any atom is 0.337 e. The van der Waals surface area contributed by atoms with E-state index >= 15 is 0 Å². The van der Waals surface area contributed by atoms with Crippen molar-refractivity contribution in [2.75, 3.05) is 0 Å². The van der Waals surface area contributed by atoms with Crippen LogP contribution in [-0.4, -0.2) is 21.2 Å². The molecule has 0 aliphatic heterocycles. The zero-order valence-electron chi connectivity index (χ0n) is 10.8. The summed E-state index contributed by atoms with van der Waals surface area (Å²) in [5, 5.41) is 15.9. The van der Waals surface area contributed by atoms with Gasteiger partial charge in [0.2, 0.25) is 0 Å². The first-order valence-corrected chi connectivity index (χ1v) is 5.88. The van der Waals surface area contributed by atoms with Crippen LogP contribution in [0.25, 0.3) is 0 Å². The van der Waals surface area contributed by atoms with E-state index in [1.807, 2.05) is 13.8 Å². The summed E-state index contributed by atoms with van der Waals surface area (Å²) in [7, 11) is 0. The fourth-order valence-corrected chi connectivity index (χ4v) is 1.73. The van der Waals surface area contributed by atoms with Gasteiger partial charge in [-0.3, -0.25) is 4.98 Å². The summed E-state index contributed by atoms with van der Waals surface area (Å²) in [5.41, 5.74) is 2.90. The number of pyridine rings is 1. The normalized spacial score (nSPS) is 10.6.